The highest BCUT2D eigenvalue weighted by Gasteiger charge is 2.10. The summed E-state index contributed by atoms with van der Waals surface area (Å²) in [4.78, 5) is 17.5. The molecule has 0 aliphatic carbocycles. The standard InChI is InChI=1S/C19H22Cl2N4O2.2ClH/c1-13(11-25(2)12-14-3-6-16(20)7-4-14)23-19-17(21)9-15(10-22-19)5-8-18(26)24-27;;/h3-10,13,27H,11-12H2,1-2H3,(H,22,23)(H,24,26);2*1H/b8-5+;;/t13-;;/m1../s1. The lowest BCUT2D eigenvalue weighted by atomic mass is 10.2. The van der Waals surface area contributed by atoms with Gasteiger partial charge >= 0.3 is 0 Å². The number of hydrogen-bond donors (Lipinski definition) is 3. The number of halogens is 4. The molecule has 0 aliphatic heterocycles. The quantitative estimate of drug-likeness (QED) is 0.290. The molecule has 0 unspecified atom stereocenters. The number of hydrogen-bond acceptors (Lipinski definition) is 5. The number of nitrogens with one attached hydrogen (secondary N) is 2. The summed E-state index contributed by atoms with van der Waals surface area (Å²) in [5.74, 6) is -0.0431. The number of rotatable bonds is 8. The van der Waals surface area contributed by atoms with Gasteiger partial charge in [0.05, 0.1) is 5.02 Å². The molecule has 0 saturated carbocycles. The van der Waals surface area contributed by atoms with E-state index in [1.54, 1.807) is 12.3 Å². The molecular formula is C19H24Cl4N4O2. The summed E-state index contributed by atoms with van der Waals surface area (Å²) in [7, 11) is 2.04. The van der Waals surface area contributed by atoms with Crippen LogP contribution in [0.5, 0.6) is 0 Å². The lowest BCUT2D eigenvalue weighted by Crippen LogP contribution is -2.32. The van der Waals surface area contributed by atoms with Crippen molar-refractivity contribution in [1.82, 2.24) is 15.4 Å². The molecule has 2 rings (SSSR count). The molecular weight excluding hydrogens is 458 g/mol. The first kappa shape index (κ1) is 27.5. The zero-order valence-electron chi connectivity index (χ0n) is 15.9. The molecule has 160 valence electrons. The van der Waals surface area contributed by atoms with Crippen molar-refractivity contribution < 1.29 is 10.0 Å². The Morgan fingerprint density at radius 3 is 2.52 bits per heavy atom. The predicted octanol–water partition coefficient (Wildman–Crippen LogP) is 4.68. The number of hydroxylamine groups is 1. The van der Waals surface area contributed by atoms with Crippen LogP contribution in [0.3, 0.4) is 0 Å². The zero-order chi connectivity index (χ0) is 19.8. The fraction of sp³-hybridized carbons (Fsp3) is 0.263. The molecule has 0 bridgehead atoms. The van der Waals surface area contributed by atoms with Crippen LogP contribution < -0.4 is 10.8 Å². The third-order valence-electron chi connectivity index (χ3n) is 3.73. The normalized spacial score (nSPS) is 11.5. The van der Waals surface area contributed by atoms with Gasteiger partial charge in [0, 0.05) is 36.4 Å². The van der Waals surface area contributed by atoms with E-state index in [0.717, 1.165) is 18.1 Å². The third-order valence-corrected chi connectivity index (χ3v) is 4.27. The van der Waals surface area contributed by atoms with Gasteiger partial charge in [-0.1, -0.05) is 35.3 Å². The fourth-order valence-corrected chi connectivity index (χ4v) is 2.93. The maximum Gasteiger partial charge on any atom is 0.267 e. The smallest absolute Gasteiger partial charge is 0.267 e. The topological polar surface area (TPSA) is 77.5 Å². The Morgan fingerprint density at radius 1 is 1.28 bits per heavy atom. The lowest BCUT2D eigenvalue weighted by Gasteiger charge is -2.23. The van der Waals surface area contributed by atoms with Crippen LogP contribution in [0.15, 0.2) is 42.6 Å². The summed E-state index contributed by atoms with van der Waals surface area (Å²) < 4.78 is 0. The van der Waals surface area contributed by atoms with Gasteiger partial charge in [0.1, 0.15) is 5.82 Å². The molecule has 29 heavy (non-hydrogen) atoms. The number of pyridine rings is 1. The SMILES string of the molecule is C[C@H](CN(C)Cc1ccc(Cl)cc1)Nc1ncc(/C=C/C(=O)NO)cc1Cl.Cl.Cl. The highest BCUT2D eigenvalue weighted by atomic mass is 35.5. The van der Waals surface area contributed by atoms with E-state index in [4.69, 9.17) is 28.4 Å². The first-order chi connectivity index (χ1) is 12.9. The number of anilines is 1. The molecule has 0 radical (unpaired) electrons. The second-order valence-corrected chi connectivity index (χ2v) is 7.12. The Bertz CT molecular complexity index is 803. The second-order valence-electron chi connectivity index (χ2n) is 6.28. The molecule has 0 saturated heterocycles. The van der Waals surface area contributed by atoms with Gasteiger partial charge in [-0.05, 0) is 49.4 Å². The number of benzene rings is 1. The predicted molar refractivity (Wildman–Crippen MR) is 124 cm³/mol. The minimum Gasteiger partial charge on any atom is -0.365 e. The Labute approximate surface area is 193 Å². The number of aromatic nitrogens is 1. The lowest BCUT2D eigenvalue weighted by molar-refractivity contribution is -0.124. The van der Waals surface area contributed by atoms with E-state index in [9.17, 15) is 4.79 Å². The van der Waals surface area contributed by atoms with Crippen LogP contribution in [-0.4, -0.2) is 40.6 Å². The van der Waals surface area contributed by atoms with E-state index < -0.39 is 5.91 Å². The summed E-state index contributed by atoms with van der Waals surface area (Å²) in [6.45, 7) is 3.65. The van der Waals surface area contributed by atoms with Crippen molar-refractivity contribution in [2.75, 3.05) is 18.9 Å². The second kappa shape index (κ2) is 13.6. The molecule has 1 amide bonds. The van der Waals surface area contributed by atoms with Crippen molar-refractivity contribution in [1.29, 1.82) is 0 Å². The molecule has 1 atom stereocenters. The minimum atomic E-state index is -0.620. The van der Waals surface area contributed by atoms with Crippen LogP contribution in [0, 0.1) is 0 Å². The van der Waals surface area contributed by atoms with Gasteiger partial charge in [-0.25, -0.2) is 10.5 Å². The molecule has 2 aromatic rings. The summed E-state index contributed by atoms with van der Waals surface area (Å²) in [6, 6.07) is 9.61. The third kappa shape index (κ3) is 9.67. The Balaban J connectivity index is 0.00000392. The zero-order valence-corrected chi connectivity index (χ0v) is 19.1. The maximum atomic E-state index is 11.0. The van der Waals surface area contributed by atoms with Gasteiger partial charge in [-0.15, -0.1) is 24.8 Å². The van der Waals surface area contributed by atoms with Gasteiger partial charge < -0.3 is 10.2 Å². The number of likely N-dealkylation sites (N-methyl/N-ethyl adjacent to an activating group) is 1. The number of nitrogens with zero attached hydrogens (tertiary/aromatic N) is 2. The average Bonchev–Trinajstić information content (AvgIpc) is 2.63. The summed E-state index contributed by atoms with van der Waals surface area (Å²) in [5, 5.41) is 12.9. The van der Waals surface area contributed by atoms with Gasteiger partial charge in [0.2, 0.25) is 0 Å². The van der Waals surface area contributed by atoms with Crippen LogP contribution in [-0.2, 0) is 11.3 Å². The molecule has 1 heterocycles. The van der Waals surface area contributed by atoms with Crippen molar-refractivity contribution in [3.8, 4) is 0 Å². The Hall–Kier alpha value is -1.54. The van der Waals surface area contributed by atoms with E-state index in [-0.39, 0.29) is 30.9 Å². The first-order valence-corrected chi connectivity index (χ1v) is 9.10. The van der Waals surface area contributed by atoms with Gasteiger partial charge in [0.15, 0.2) is 0 Å². The molecule has 1 aromatic carbocycles. The van der Waals surface area contributed by atoms with Gasteiger partial charge in [-0.3, -0.25) is 10.0 Å². The first-order valence-electron chi connectivity index (χ1n) is 8.34. The molecule has 0 fully saturated rings. The molecule has 6 nitrogen and oxygen atoms in total. The van der Waals surface area contributed by atoms with Crippen molar-refractivity contribution in [3.63, 3.8) is 0 Å². The Morgan fingerprint density at radius 2 is 1.93 bits per heavy atom. The average molecular weight is 482 g/mol. The van der Waals surface area contributed by atoms with Crippen LogP contribution >= 0.6 is 48.0 Å². The molecule has 0 aliphatic rings. The van der Waals surface area contributed by atoms with E-state index in [1.165, 1.54) is 23.2 Å². The van der Waals surface area contributed by atoms with E-state index in [1.807, 2.05) is 31.3 Å². The van der Waals surface area contributed by atoms with Crippen LogP contribution in [0.4, 0.5) is 5.82 Å². The van der Waals surface area contributed by atoms with E-state index in [2.05, 4.69) is 22.1 Å². The van der Waals surface area contributed by atoms with Crippen molar-refractivity contribution in [2.24, 2.45) is 0 Å². The van der Waals surface area contributed by atoms with E-state index >= 15 is 0 Å². The molecule has 10 heteroatoms. The number of amides is 1. The maximum absolute atomic E-state index is 11.0. The van der Waals surface area contributed by atoms with Crippen LogP contribution in [0.25, 0.3) is 6.08 Å². The molecule has 1 aromatic heterocycles. The Kier molecular flexibility index (Phi) is 12.9. The fourth-order valence-electron chi connectivity index (χ4n) is 2.57. The molecule has 0 spiro atoms. The van der Waals surface area contributed by atoms with Gasteiger partial charge in [-0.2, -0.15) is 0 Å². The number of carbonyl (C=O) groups excluding carboxylic acids is 1. The number of carbonyl (C=O) groups is 1. The van der Waals surface area contributed by atoms with Crippen molar-refractivity contribution >= 4 is 65.8 Å². The summed E-state index contributed by atoms with van der Waals surface area (Å²) >= 11 is 12.2. The highest BCUT2D eigenvalue weighted by Crippen LogP contribution is 2.21. The van der Waals surface area contributed by atoms with Gasteiger partial charge in [0.25, 0.3) is 5.91 Å². The van der Waals surface area contributed by atoms with Crippen LogP contribution in [0.1, 0.15) is 18.1 Å². The van der Waals surface area contributed by atoms with Crippen molar-refractivity contribution in [2.45, 2.75) is 19.5 Å². The molecule has 3 N–H and O–H groups in total. The van der Waals surface area contributed by atoms with Crippen molar-refractivity contribution in [3.05, 3.63) is 63.8 Å². The minimum absolute atomic E-state index is 0. The highest BCUT2D eigenvalue weighted by molar-refractivity contribution is 6.33. The largest absolute Gasteiger partial charge is 0.365 e. The monoisotopic (exact) mass is 480 g/mol. The van der Waals surface area contributed by atoms with E-state index in [0.29, 0.717) is 16.4 Å². The van der Waals surface area contributed by atoms with Crippen LogP contribution in [0.2, 0.25) is 10.0 Å². The summed E-state index contributed by atoms with van der Waals surface area (Å²) in [5.41, 5.74) is 3.37. The summed E-state index contributed by atoms with van der Waals surface area (Å²) in [6.07, 6.45) is 4.30.